The molecule has 2 aromatic rings. The van der Waals surface area contributed by atoms with Crippen LogP contribution in [0, 0.1) is 6.92 Å². The Labute approximate surface area is 125 Å². The number of rotatable bonds is 5. The summed E-state index contributed by atoms with van der Waals surface area (Å²) in [5.41, 5.74) is 2.26. The van der Waals surface area contributed by atoms with E-state index in [1.165, 1.54) is 10.5 Å². The van der Waals surface area contributed by atoms with Gasteiger partial charge in [0.05, 0.1) is 11.4 Å². The van der Waals surface area contributed by atoms with E-state index in [1.54, 1.807) is 31.4 Å². The standard InChI is InChI=1S/C15H19N3O2S/c1-4-17-14-9-10-16-11-15(14)21(19,20)18(3)13-7-5-12(2)6-8-13/h5-11H,4H2,1-3H3,(H,16,17). The van der Waals surface area contributed by atoms with Crippen LogP contribution in [0.25, 0.3) is 0 Å². The van der Waals surface area contributed by atoms with Gasteiger partial charge in [0.2, 0.25) is 0 Å². The molecule has 0 atom stereocenters. The summed E-state index contributed by atoms with van der Waals surface area (Å²) in [6.45, 7) is 4.52. The lowest BCUT2D eigenvalue weighted by Crippen LogP contribution is -2.27. The minimum atomic E-state index is -3.65. The van der Waals surface area contributed by atoms with Crippen LogP contribution in [0.5, 0.6) is 0 Å². The van der Waals surface area contributed by atoms with Gasteiger partial charge in [-0.25, -0.2) is 8.42 Å². The lowest BCUT2D eigenvalue weighted by molar-refractivity contribution is 0.594. The van der Waals surface area contributed by atoms with Gasteiger partial charge in [-0.2, -0.15) is 0 Å². The number of aryl methyl sites for hydroxylation is 1. The molecule has 0 fully saturated rings. The third-order valence-corrected chi connectivity index (χ3v) is 5.00. The van der Waals surface area contributed by atoms with Crippen LogP contribution in [0.4, 0.5) is 11.4 Å². The Morgan fingerprint density at radius 3 is 2.48 bits per heavy atom. The van der Waals surface area contributed by atoms with Crippen molar-refractivity contribution in [1.82, 2.24) is 4.98 Å². The predicted molar refractivity (Wildman–Crippen MR) is 85.2 cm³/mol. The van der Waals surface area contributed by atoms with Crippen molar-refractivity contribution in [3.8, 4) is 0 Å². The molecular formula is C15H19N3O2S. The van der Waals surface area contributed by atoms with Gasteiger partial charge in [-0.3, -0.25) is 9.29 Å². The van der Waals surface area contributed by atoms with Gasteiger partial charge in [0.1, 0.15) is 4.90 Å². The van der Waals surface area contributed by atoms with Gasteiger partial charge in [0.25, 0.3) is 10.0 Å². The van der Waals surface area contributed by atoms with Crippen molar-refractivity contribution in [3.05, 3.63) is 48.3 Å². The van der Waals surface area contributed by atoms with Crippen molar-refractivity contribution in [2.45, 2.75) is 18.7 Å². The maximum absolute atomic E-state index is 12.8. The smallest absolute Gasteiger partial charge is 0.267 e. The van der Waals surface area contributed by atoms with Crippen LogP contribution in [0.15, 0.2) is 47.6 Å². The average molecular weight is 305 g/mol. The van der Waals surface area contributed by atoms with Crippen LogP contribution in [-0.4, -0.2) is 27.0 Å². The minimum absolute atomic E-state index is 0.176. The number of hydrogen-bond acceptors (Lipinski definition) is 4. The van der Waals surface area contributed by atoms with Gasteiger partial charge < -0.3 is 5.32 Å². The number of benzene rings is 1. The maximum atomic E-state index is 12.8. The molecule has 5 nitrogen and oxygen atoms in total. The van der Waals surface area contributed by atoms with Gasteiger partial charge >= 0.3 is 0 Å². The number of aromatic nitrogens is 1. The second-order valence-corrected chi connectivity index (χ2v) is 6.65. The highest BCUT2D eigenvalue weighted by Crippen LogP contribution is 2.26. The molecule has 0 aliphatic carbocycles. The van der Waals surface area contributed by atoms with Gasteiger partial charge in [-0.15, -0.1) is 0 Å². The van der Waals surface area contributed by atoms with E-state index in [2.05, 4.69) is 10.3 Å². The SMILES string of the molecule is CCNc1ccncc1S(=O)(=O)N(C)c1ccc(C)cc1. The van der Waals surface area contributed by atoms with Crippen LogP contribution in [0.2, 0.25) is 0 Å². The lowest BCUT2D eigenvalue weighted by atomic mass is 10.2. The van der Waals surface area contributed by atoms with E-state index in [9.17, 15) is 8.42 Å². The number of anilines is 2. The van der Waals surface area contributed by atoms with Crippen LogP contribution in [-0.2, 0) is 10.0 Å². The molecule has 0 amide bonds. The predicted octanol–water partition coefficient (Wildman–Crippen LogP) is 2.65. The van der Waals surface area contributed by atoms with Crippen molar-refractivity contribution in [3.63, 3.8) is 0 Å². The Morgan fingerprint density at radius 1 is 1.19 bits per heavy atom. The van der Waals surface area contributed by atoms with Crippen molar-refractivity contribution >= 4 is 21.4 Å². The van der Waals surface area contributed by atoms with Crippen molar-refractivity contribution in [2.75, 3.05) is 23.2 Å². The summed E-state index contributed by atoms with van der Waals surface area (Å²) in [6, 6.07) is 9.01. The molecule has 1 aromatic carbocycles. The topological polar surface area (TPSA) is 62.3 Å². The molecule has 6 heteroatoms. The van der Waals surface area contributed by atoms with E-state index in [1.807, 2.05) is 26.0 Å². The van der Waals surface area contributed by atoms with Crippen LogP contribution < -0.4 is 9.62 Å². The summed E-state index contributed by atoms with van der Waals surface area (Å²) in [4.78, 5) is 4.11. The summed E-state index contributed by atoms with van der Waals surface area (Å²) in [7, 11) is -2.11. The summed E-state index contributed by atoms with van der Waals surface area (Å²) in [6.07, 6.45) is 2.95. The number of hydrogen-bond donors (Lipinski definition) is 1. The Bertz CT molecular complexity index is 712. The van der Waals surface area contributed by atoms with Crippen LogP contribution in [0.3, 0.4) is 0 Å². The van der Waals surface area contributed by atoms with Crippen LogP contribution in [0.1, 0.15) is 12.5 Å². The molecule has 0 radical (unpaired) electrons. The van der Waals surface area contributed by atoms with Crippen molar-refractivity contribution in [2.24, 2.45) is 0 Å². The highest BCUT2D eigenvalue weighted by molar-refractivity contribution is 7.93. The van der Waals surface area contributed by atoms with Crippen molar-refractivity contribution < 1.29 is 8.42 Å². The summed E-state index contributed by atoms with van der Waals surface area (Å²) in [5.74, 6) is 0. The van der Waals surface area contributed by atoms with Crippen LogP contribution >= 0.6 is 0 Å². The number of nitrogens with zero attached hydrogens (tertiary/aromatic N) is 2. The molecule has 0 aliphatic heterocycles. The molecule has 0 unspecified atom stereocenters. The quantitative estimate of drug-likeness (QED) is 0.922. The maximum Gasteiger partial charge on any atom is 0.267 e. The molecule has 0 bridgehead atoms. The first-order valence-corrected chi connectivity index (χ1v) is 8.14. The molecule has 1 aromatic heterocycles. The van der Waals surface area contributed by atoms with Crippen molar-refractivity contribution in [1.29, 1.82) is 0 Å². The number of nitrogens with one attached hydrogen (secondary N) is 1. The second-order valence-electron chi connectivity index (χ2n) is 4.71. The molecule has 0 spiro atoms. The number of sulfonamides is 1. The highest BCUT2D eigenvalue weighted by atomic mass is 32.2. The molecule has 1 heterocycles. The molecule has 2 rings (SSSR count). The zero-order chi connectivity index (χ0) is 15.5. The third kappa shape index (κ3) is 3.16. The second kappa shape index (κ2) is 6.13. The number of pyridine rings is 1. The molecule has 0 saturated heterocycles. The highest BCUT2D eigenvalue weighted by Gasteiger charge is 2.24. The lowest BCUT2D eigenvalue weighted by Gasteiger charge is -2.21. The summed E-state index contributed by atoms with van der Waals surface area (Å²) >= 11 is 0. The summed E-state index contributed by atoms with van der Waals surface area (Å²) in [5, 5.41) is 3.05. The van der Waals surface area contributed by atoms with E-state index < -0.39 is 10.0 Å². The largest absolute Gasteiger partial charge is 0.384 e. The molecule has 1 N–H and O–H groups in total. The summed E-state index contributed by atoms with van der Waals surface area (Å²) < 4.78 is 26.8. The first kappa shape index (κ1) is 15.3. The normalized spacial score (nSPS) is 11.2. The van der Waals surface area contributed by atoms with E-state index in [0.29, 0.717) is 17.9 Å². The fraction of sp³-hybridized carbons (Fsp3) is 0.267. The Morgan fingerprint density at radius 2 is 1.86 bits per heavy atom. The van der Waals surface area contributed by atoms with Gasteiger partial charge in [-0.1, -0.05) is 17.7 Å². The van der Waals surface area contributed by atoms with Gasteiger partial charge in [0, 0.05) is 26.0 Å². The van der Waals surface area contributed by atoms with E-state index in [-0.39, 0.29) is 4.90 Å². The van der Waals surface area contributed by atoms with E-state index >= 15 is 0 Å². The fourth-order valence-electron chi connectivity index (χ4n) is 1.96. The van der Waals surface area contributed by atoms with Gasteiger partial charge in [0.15, 0.2) is 0 Å². The Balaban J connectivity index is 2.44. The first-order chi connectivity index (χ1) is 9.96. The molecular weight excluding hydrogens is 286 g/mol. The van der Waals surface area contributed by atoms with E-state index in [4.69, 9.17) is 0 Å². The van der Waals surface area contributed by atoms with Gasteiger partial charge in [-0.05, 0) is 32.0 Å². The fourth-order valence-corrected chi connectivity index (χ4v) is 3.27. The minimum Gasteiger partial charge on any atom is -0.384 e. The molecule has 112 valence electrons. The average Bonchev–Trinajstić information content (AvgIpc) is 2.48. The monoisotopic (exact) mass is 305 g/mol. The third-order valence-electron chi connectivity index (χ3n) is 3.19. The first-order valence-electron chi connectivity index (χ1n) is 6.70. The molecule has 0 saturated carbocycles. The zero-order valence-electron chi connectivity index (χ0n) is 12.4. The molecule has 0 aliphatic rings. The Kier molecular flexibility index (Phi) is 4.47. The van der Waals surface area contributed by atoms with E-state index in [0.717, 1.165) is 5.56 Å². The molecule has 21 heavy (non-hydrogen) atoms. The zero-order valence-corrected chi connectivity index (χ0v) is 13.2. The Hall–Kier alpha value is -2.08.